The molecule has 125 heavy (non-hydrogen) atoms. The van der Waals surface area contributed by atoms with E-state index >= 15 is 0 Å². The molecular weight excluding hydrogens is 1600 g/mol. The Balaban J connectivity index is 0.000000235. The lowest BCUT2D eigenvalue weighted by Gasteiger charge is -2.19. The van der Waals surface area contributed by atoms with Gasteiger partial charge in [-0.05, 0) is 179 Å². The number of amidine groups is 1. The van der Waals surface area contributed by atoms with Crippen LogP contribution in [0.2, 0.25) is 0 Å². The highest BCUT2D eigenvalue weighted by Gasteiger charge is 2.25. The largest absolute Gasteiger partial charge is 0.491 e. The molecule has 650 valence electrons. The third kappa shape index (κ3) is 32.5. The highest BCUT2D eigenvalue weighted by atomic mass is 16.6. The summed E-state index contributed by atoms with van der Waals surface area (Å²) in [6.07, 6.45) is 5.21. The van der Waals surface area contributed by atoms with Crippen molar-refractivity contribution in [3.63, 3.8) is 0 Å². The van der Waals surface area contributed by atoms with Crippen LogP contribution < -0.4 is 60.7 Å². The first kappa shape index (κ1) is 95.0. The second-order valence-electron chi connectivity index (χ2n) is 28.9. The molecule has 0 bridgehead atoms. The van der Waals surface area contributed by atoms with Gasteiger partial charge in [0.05, 0.1) is 82.6 Å². The van der Waals surface area contributed by atoms with Crippen LogP contribution in [0.25, 0.3) is 0 Å². The fourth-order valence-corrected chi connectivity index (χ4v) is 11.5. The Morgan fingerprint density at radius 1 is 0.440 bits per heavy atom. The molecule has 10 aromatic rings. The average Bonchev–Trinajstić information content (AvgIpc) is 0.824. The number of carboxylic acid groups (broad SMARTS) is 1. The van der Waals surface area contributed by atoms with E-state index in [1.807, 2.05) is 121 Å². The summed E-state index contributed by atoms with van der Waals surface area (Å²) in [6.45, 7) is 13.3. The summed E-state index contributed by atoms with van der Waals surface area (Å²) in [6, 6.07) is 63.7. The van der Waals surface area contributed by atoms with Gasteiger partial charge in [-0.15, -0.1) is 0 Å². The molecule has 10 rings (SSSR count). The maximum Gasteiger partial charge on any atom is 0.338 e. The number of hydrogen-bond acceptors (Lipinski definition) is 22. The molecule has 0 heterocycles. The Labute approximate surface area is 722 Å². The van der Waals surface area contributed by atoms with Crippen molar-refractivity contribution in [3.05, 3.63) is 309 Å². The number of methoxy groups -OCH3 is 1. The van der Waals surface area contributed by atoms with Crippen LogP contribution in [0.4, 0.5) is 34.1 Å². The molecular formula is C95H99N9O21. The lowest BCUT2D eigenvalue weighted by atomic mass is 10.1. The summed E-state index contributed by atoms with van der Waals surface area (Å²) in [4.78, 5) is 123. The van der Waals surface area contributed by atoms with Crippen molar-refractivity contribution >= 4 is 99.1 Å². The Hall–Kier alpha value is -15.5. The first-order valence-corrected chi connectivity index (χ1v) is 39.6. The molecule has 5 amide bonds. The van der Waals surface area contributed by atoms with Crippen LogP contribution in [0, 0.1) is 20.9 Å². The summed E-state index contributed by atoms with van der Waals surface area (Å²) in [7, 11) is 1.28. The van der Waals surface area contributed by atoms with Gasteiger partial charge in [-0.1, -0.05) is 134 Å². The number of carbonyl (C=O) groups excluding carboxylic acids is 8. The maximum absolute atomic E-state index is 13.6. The molecule has 0 unspecified atom stereocenters. The Bertz CT molecular complexity index is 5440. The fraction of sp³-hybridized carbons (Fsp3) is 0.232. The van der Waals surface area contributed by atoms with Crippen LogP contribution in [-0.4, -0.2) is 108 Å². The number of aromatic carboxylic acids is 1. The number of ether oxygens (including phenoxy) is 9. The standard InChI is InChI=1S/C39H40N2O8.C28H37N5O6.C28H22N2O7/c1-5-22-46-38(45)30-17-19-32(34(24-30)48-26-28-14-10-7-11-15-28)41-37(44)29-16-18-31(33(23-29)47-25-27-12-8-6-9-13-27)40-35(42)20-21-36(43)49-39(2,3)4;1-18(29)8-4-6-14-39-25-17-21(28(36)37-3)11-13-23(25)33-27(35)20-10-12-22(32-19(2)34)24(16-20)38-15-7-5-9-26(30)31;31-27(21-12-14-24(30(34)35)26(15-21)37-18-20-9-5-2-6-10-20)29-23-13-11-22(28(32)33)16-25(23)36-17-19-7-3-1-4-8-19/h5-19,23-24H,1,20-22,25-26H2,2-4H3,(H,40,42)(H,41,44);10-13,16-17,29H,4-9,14-15H2,1-3H3,(H3,30,31)(H,32,34)(H,33,35);1-16H,17-18H2,(H,29,31)(H,32,33). The predicted octanol–water partition coefficient (Wildman–Crippen LogP) is 18.0. The molecule has 0 aliphatic carbocycles. The number of carbonyl (C=O) groups is 9. The highest BCUT2D eigenvalue weighted by molar-refractivity contribution is 6.08. The van der Waals surface area contributed by atoms with Gasteiger partial charge >= 0.3 is 29.6 Å². The van der Waals surface area contributed by atoms with Gasteiger partial charge in [-0.2, -0.15) is 0 Å². The van der Waals surface area contributed by atoms with Gasteiger partial charge in [0, 0.05) is 54.3 Å². The number of hydrogen-bond donors (Lipinski definition) is 9. The molecule has 30 nitrogen and oxygen atoms in total. The molecule has 0 aliphatic heterocycles. The van der Waals surface area contributed by atoms with E-state index in [4.69, 9.17) is 59.2 Å². The molecule has 0 aliphatic rings. The second kappa shape index (κ2) is 48.7. The second-order valence-corrected chi connectivity index (χ2v) is 28.9. The quantitative estimate of drug-likeness (QED) is 0.00251. The van der Waals surface area contributed by atoms with Crippen molar-refractivity contribution in [3.8, 4) is 34.5 Å². The summed E-state index contributed by atoms with van der Waals surface area (Å²) in [5.41, 5.74) is 11.3. The summed E-state index contributed by atoms with van der Waals surface area (Å²) in [5, 5.41) is 49.5. The number of amides is 5. The van der Waals surface area contributed by atoms with E-state index < -0.39 is 58.0 Å². The van der Waals surface area contributed by atoms with Crippen LogP contribution in [0.3, 0.4) is 0 Å². The van der Waals surface area contributed by atoms with Crippen molar-refractivity contribution in [1.82, 2.24) is 0 Å². The first-order valence-electron chi connectivity index (χ1n) is 39.6. The molecule has 10 aromatic carbocycles. The summed E-state index contributed by atoms with van der Waals surface area (Å²) in [5.74, 6) is -3.54. The van der Waals surface area contributed by atoms with E-state index in [2.05, 4.69) is 33.2 Å². The number of nitrogens with one attached hydrogen (secondary N) is 7. The highest BCUT2D eigenvalue weighted by Crippen LogP contribution is 2.36. The number of nitrogens with zero attached hydrogens (tertiary/aromatic N) is 1. The fourth-order valence-electron chi connectivity index (χ4n) is 11.5. The summed E-state index contributed by atoms with van der Waals surface area (Å²) >= 11 is 0. The van der Waals surface area contributed by atoms with Crippen molar-refractivity contribution in [1.29, 1.82) is 10.8 Å². The zero-order valence-corrected chi connectivity index (χ0v) is 70.0. The molecule has 0 spiro atoms. The van der Waals surface area contributed by atoms with Crippen LogP contribution in [0.15, 0.2) is 243 Å². The predicted molar refractivity (Wildman–Crippen MR) is 473 cm³/mol. The first-order chi connectivity index (χ1) is 60.0. The maximum atomic E-state index is 13.6. The molecule has 0 atom stereocenters. The van der Waals surface area contributed by atoms with Gasteiger partial charge in [0.15, 0.2) is 5.75 Å². The van der Waals surface area contributed by atoms with E-state index in [9.17, 15) is 58.4 Å². The number of nitro groups is 1. The van der Waals surface area contributed by atoms with Crippen LogP contribution in [0.5, 0.6) is 34.5 Å². The molecule has 0 radical (unpaired) electrons. The number of carboxylic acids is 1. The monoisotopic (exact) mass is 1700 g/mol. The van der Waals surface area contributed by atoms with Gasteiger partial charge < -0.3 is 85.5 Å². The average molecular weight is 1700 g/mol. The van der Waals surface area contributed by atoms with Gasteiger partial charge in [0.2, 0.25) is 11.8 Å². The van der Waals surface area contributed by atoms with Crippen LogP contribution >= 0.6 is 0 Å². The minimum absolute atomic E-state index is 0.00649. The van der Waals surface area contributed by atoms with E-state index in [1.54, 1.807) is 64.1 Å². The topological polar surface area (TPSA) is 434 Å². The molecule has 0 saturated carbocycles. The van der Waals surface area contributed by atoms with Gasteiger partial charge in [-0.3, -0.25) is 44.3 Å². The molecule has 0 fully saturated rings. The SMILES string of the molecule is C=CCOC(=O)c1ccc(NC(=O)c2ccc(NC(=O)CCC(=O)OC(C)(C)C)c(OCc3ccccc3)c2)c(OCc2ccccc2)c1.COC(=O)c1ccc(NC(=O)c2ccc(NC(C)=O)c(OCCCCC(=N)N)c2)c(OCCCCC(C)=N)c1.O=C(O)c1ccc(NC(=O)c2ccc([N+](=O)[O-])c(OCc3ccccc3)c2)c(OCc2ccccc2)c1. The molecule has 0 aromatic heterocycles. The van der Waals surface area contributed by atoms with Gasteiger partial charge in [0.1, 0.15) is 67.4 Å². The zero-order valence-electron chi connectivity index (χ0n) is 70.0. The molecule has 0 saturated heterocycles. The van der Waals surface area contributed by atoms with Crippen molar-refractivity contribution in [2.24, 2.45) is 5.73 Å². The summed E-state index contributed by atoms with van der Waals surface area (Å²) < 4.78 is 50.6. The third-order valence-electron chi connectivity index (χ3n) is 17.6. The smallest absolute Gasteiger partial charge is 0.338 e. The number of nitro benzene ring substituents is 1. The zero-order chi connectivity index (χ0) is 90.2. The number of esters is 3. The Morgan fingerprint density at radius 3 is 1.18 bits per heavy atom. The van der Waals surface area contributed by atoms with Crippen molar-refractivity contribution in [2.75, 3.05) is 53.5 Å². The number of rotatable bonds is 41. The normalized spacial score (nSPS) is 10.5. The third-order valence-corrected chi connectivity index (χ3v) is 17.6. The van der Waals surface area contributed by atoms with Gasteiger partial charge in [0.25, 0.3) is 17.7 Å². The Kier molecular flexibility index (Phi) is 37.0. The lowest BCUT2D eigenvalue weighted by Crippen LogP contribution is -2.24. The van der Waals surface area contributed by atoms with E-state index in [0.29, 0.717) is 85.3 Å². The Morgan fingerprint density at radius 2 is 0.792 bits per heavy atom. The van der Waals surface area contributed by atoms with E-state index in [0.717, 1.165) is 28.7 Å². The number of nitrogens with two attached hydrogens (primary N) is 1. The van der Waals surface area contributed by atoms with E-state index in [1.165, 1.54) is 92.9 Å². The number of anilines is 5. The van der Waals surface area contributed by atoms with E-state index in [-0.39, 0.29) is 125 Å². The van der Waals surface area contributed by atoms with Crippen molar-refractivity contribution < 1.29 is 95.8 Å². The minimum atomic E-state index is -1.14. The number of unbranched alkanes of at least 4 members (excludes halogenated alkanes) is 2. The number of benzene rings is 10. The van der Waals surface area contributed by atoms with Gasteiger partial charge in [-0.25, -0.2) is 14.4 Å². The molecule has 10 N–H and O–H groups in total. The van der Waals surface area contributed by atoms with Crippen LogP contribution in [0.1, 0.15) is 170 Å². The van der Waals surface area contributed by atoms with Crippen molar-refractivity contribution in [2.45, 2.75) is 118 Å². The lowest BCUT2D eigenvalue weighted by molar-refractivity contribution is -0.386. The minimum Gasteiger partial charge on any atom is -0.491 e. The molecule has 30 heteroatoms. The van der Waals surface area contributed by atoms with Crippen LogP contribution in [-0.2, 0) is 55.0 Å².